The largest absolute Gasteiger partial charge is 0.435 e. The number of likely N-dealkylation sites (N-methyl/N-ethyl adjacent to an activating group) is 1. The van der Waals surface area contributed by atoms with Crippen LogP contribution in [0.5, 0.6) is 0 Å². The Kier molecular flexibility index (Phi) is 8.60. The molecule has 1 aromatic rings. The third-order valence-electron chi connectivity index (χ3n) is 3.93. The Hall–Kier alpha value is -2.87. The summed E-state index contributed by atoms with van der Waals surface area (Å²) in [6.07, 6.45) is -5.04. The summed E-state index contributed by atoms with van der Waals surface area (Å²) >= 11 is 0. The maximum atomic E-state index is 13.2. The summed E-state index contributed by atoms with van der Waals surface area (Å²) in [6.45, 7) is -0.850. The van der Waals surface area contributed by atoms with Crippen molar-refractivity contribution < 1.29 is 41.8 Å². The maximum Gasteiger partial charge on any atom is 0.435 e. The van der Waals surface area contributed by atoms with Gasteiger partial charge in [0.05, 0.1) is 18.8 Å². The molecular weight excluding hydrogens is 415 g/mol. The lowest BCUT2D eigenvalue weighted by Gasteiger charge is -2.38. The van der Waals surface area contributed by atoms with E-state index in [4.69, 9.17) is 14.2 Å². The van der Waals surface area contributed by atoms with Gasteiger partial charge in [0, 0.05) is 41.6 Å². The molecule has 1 aromatic heterocycles. The number of nitrogens with zero attached hydrogens (tertiary/aromatic N) is 2. The van der Waals surface area contributed by atoms with Crippen molar-refractivity contribution in [3.63, 3.8) is 0 Å². The van der Waals surface area contributed by atoms with Crippen LogP contribution in [0, 0.1) is 0 Å². The predicted octanol–water partition coefficient (Wildman–Crippen LogP) is -0.329. The SMILES string of the molecule is CNC(=O)OC(COC)(COC)C(NC(=O)c1cn(C)nc1C(F)(F)F)C(=O)NC. The average molecular weight is 439 g/mol. The van der Waals surface area contributed by atoms with E-state index in [1.54, 1.807) is 0 Å². The molecule has 1 atom stereocenters. The van der Waals surface area contributed by atoms with Gasteiger partial charge in [-0.05, 0) is 0 Å². The minimum atomic E-state index is -4.91. The summed E-state index contributed by atoms with van der Waals surface area (Å²) in [5, 5.41) is 9.89. The highest BCUT2D eigenvalue weighted by molar-refractivity contribution is 5.99. The Morgan fingerprint density at radius 2 is 1.70 bits per heavy atom. The van der Waals surface area contributed by atoms with Crippen molar-refractivity contribution in [1.29, 1.82) is 0 Å². The predicted molar refractivity (Wildman–Crippen MR) is 95.6 cm³/mol. The van der Waals surface area contributed by atoms with Crippen LogP contribution in [-0.4, -0.2) is 80.9 Å². The molecule has 0 aliphatic rings. The number of amides is 3. The second kappa shape index (κ2) is 10.2. The molecule has 0 aliphatic heterocycles. The van der Waals surface area contributed by atoms with Crippen LogP contribution >= 0.6 is 0 Å². The Bertz CT molecular complexity index is 761. The van der Waals surface area contributed by atoms with Gasteiger partial charge in [-0.2, -0.15) is 18.3 Å². The lowest BCUT2D eigenvalue weighted by Crippen LogP contribution is -2.65. The second-order valence-electron chi connectivity index (χ2n) is 6.15. The van der Waals surface area contributed by atoms with E-state index in [0.29, 0.717) is 0 Å². The minimum absolute atomic E-state index is 0.425. The molecule has 170 valence electrons. The van der Waals surface area contributed by atoms with Gasteiger partial charge in [-0.15, -0.1) is 0 Å². The smallest absolute Gasteiger partial charge is 0.435 e. The number of carbonyl (C=O) groups is 3. The van der Waals surface area contributed by atoms with E-state index in [-0.39, 0.29) is 0 Å². The van der Waals surface area contributed by atoms with E-state index >= 15 is 0 Å². The van der Waals surface area contributed by atoms with Crippen molar-refractivity contribution in [3.05, 3.63) is 17.5 Å². The molecule has 0 saturated heterocycles. The number of alkyl carbamates (subject to hydrolysis) is 1. The zero-order valence-corrected chi connectivity index (χ0v) is 17.0. The highest BCUT2D eigenvalue weighted by Crippen LogP contribution is 2.31. The fourth-order valence-corrected chi connectivity index (χ4v) is 2.70. The van der Waals surface area contributed by atoms with Crippen LogP contribution in [0.4, 0.5) is 18.0 Å². The van der Waals surface area contributed by atoms with Crippen molar-refractivity contribution in [2.75, 3.05) is 41.5 Å². The molecule has 30 heavy (non-hydrogen) atoms. The van der Waals surface area contributed by atoms with Crippen molar-refractivity contribution in [3.8, 4) is 0 Å². The Morgan fingerprint density at radius 3 is 2.13 bits per heavy atom. The number of halogens is 3. The number of nitrogens with one attached hydrogen (secondary N) is 3. The van der Waals surface area contributed by atoms with E-state index in [9.17, 15) is 27.6 Å². The number of carbonyl (C=O) groups excluding carboxylic acids is 3. The molecule has 3 N–H and O–H groups in total. The quantitative estimate of drug-likeness (QED) is 0.480. The Morgan fingerprint density at radius 1 is 1.13 bits per heavy atom. The summed E-state index contributed by atoms with van der Waals surface area (Å²) in [5.74, 6) is -2.13. The van der Waals surface area contributed by atoms with Crippen LogP contribution in [0.25, 0.3) is 0 Å². The molecule has 0 aromatic carbocycles. The fourth-order valence-electron chi connectivity index (χ4n) is 2.70. The number of hydrogen-bond donors (Lipinski definition) is 3. The van der Waals surface area contributed by atoms with Crippen LogP contribution in [0.2, 0.25) is 0 Å². The normalized spacial score (nSPS) is 12.8. The van der Waals surface area contributed by atoms with Gasteiger partial charge in [0.15, 0.2) is 17.3 Å². The first kappa shape index (κ1) is 25.2. The van der Waals surface area contributed by atoms with Crippen LogP contribution in [-0.2, 0) is 32.2 Å². The monoisotopic (exact) mass is 439 g/mol. The molecule has 11 nitrogen and oxygen atoms in total. The number of hydrogen-bond acceptors (Lipinski definition) is 7. The van der Waals surface area contributed by atoms with Gasteiger partial charge in [-0.3, -0.25) is 14.3 Å². The van der Waals surface area contributed by atoms with Gasteiger partial charge in [-0.25, -0.2) is 4.79 Å². The standard InChI is InChI=1S/C16H24F3N5O6/c1-20-13(26)11(15(7-28-4,8-29-5)30-14(27)21-2)22-12(25)9-6-24(3)23-10(9)16(17,18)19/h6,11H,7-8H2,1-5H3,(H,20,26)(H,21,27)(H,22,25). The highest BCUT2D eigenvalue weighted by atomic mass is 19.4. The summed E-state index contributed by atoms with van der Waals surface area (Å²) in [6, 6.07) is -1.67. The van der Waals surface area contributed by atoms with Crippen LogP contribution in [0.3, 0.4) is 0 Å². The average Bonchev–Trinajstić information content (AvgIpc) is 3.07. The number of aryl methyl sites for hydroxylation is 1. The molecule has 0 spiro atoms. The van der Waals surface area contributed by atoms with Crippen molar-refractivity contribution in [2.45, 2.75) is 17.8 Å². The molecule has 14 heteroatoms. The first-order valence-corrected chi connectivity index (χ1v) is 8.47. The number of methoxy groups -OCH3 is 2. The Balaban J connectivity index is 3.44. The first-order valence-electron chi connectivity index (χ1n) is 8.47. The lowest BCUT2D eigenvalue weighted by molar-refractivity contribution is -0.141. The second-order valence-corrected chi connectivity index (χ2v) is 6.15. The van der Waals surface area contributed by atoms with Gasteiger partial charge in [0.2, 0.25) is 5.91 Å². The van der Waals surface area contributed by atoms with Crippen LogP contribution < -0.4 is 16.0 Å². The zero-order chi connectivity index (χ0) is 23.1. The molecule has 1 unspecified atom stereocenters. The van der Waals surface area contributed by atoms with Crippen molar-refractivity contribution in [2.24, 2.45) is 7.05 Å². The summed E-state index contributed by atoms with van der Waals surface area (Å²) < 4.78 is 55.8. The molecule has 0 aliphatic carbocycles. The Labute approximate surface area is 170 Å². The molecule has 0 radical (unpaired) electrons. The highest BCUT2D eigenvalue weighted by Gasteiger charge is 2.49. The van der Waals surface area contributed by atoms with Gasteiger partial charge in [0.25, 0.3) is 5.91 Å². The number of aromatic nitrogens is 2. The minimum Gasteiger partial charge on any atom is -0.435 e. The zero-order valence-electron chi connectivity index (χ0n) is 17.0. The summed E-state index contributed by atoms with van der Waals surface area (Å²) in [7, 11) is 6.17. The third kappa shape index (κ3) is 5.82. The number of rotatable bonds is 9. The van der Waals surface area contributed by atoms with E-state index in [1.807, 2.05) is 0 Å². The van der Waals surface area contributed by atoms with Gasteiger partial charge in [0.1, 0.15) is 0 Å². The van der Waals surface area contributed by atoms with E-state index in [2.05, 4.69) is 21.0 Å². The molecule has 3 amide bonds. The van der Waals surface area contributed by atoms with E-state index < -0.39 is 60.2 Å². The summed E-state index contributed by atoms with van der Waals surface area (Å²) in [4.78, 5) is 37.1. The van der Waals surface area contributed by atoms with Crippen molar-refractivity contribution >= 4 is 17.9 Å². The van der Waals surface area contributed by atoms with Gasteiger partial charge in [-0.1, -0.05) is 0 Å². The molecule has 0 saturated carbocycles. The summed E-state index contributed by atoms with van der Waals surface area (Å²) in [5.41, 5.74) is -4.16. The number of ether oxygens (including phenoxy) is 3. The first-order chi connectivity index (χ1) is 14.0. The topological polar surface area (TPSA) is 133 Å². The van der Waals surface area contributed by atoms with Gasteiger partial charge >= 0.3 is 12.3 Å². The number of alkyl halides is 3. The third-order valence-corrected chi connectivity index (χ3v) is 3.93. The van der Waals surface area contributed by atoms with Crippen LogP contribution in [0.15, 0.2) is 6.20 Å². The van der Waals surface area contributed by atoms with Crippen LogP contribution in [0.1, 0.15) is 16.1 Å². The van der Waals surface area contributed by atoms with Gasteiger partial charge < -0.3 is 30.2 Å². The van der Waals surface area contributed by atoms with E-state index in [0.717, 1.165) is 10.9 Å². The molecule has 0 bridgehead atoms. The van der Waals surface area contributed by atoms with Crippen molar-refractivity contribution in [1.82, 2.24) is 25.7 Å². The maximum absolute atomic E-state index is 13.2. The fraction of sp³-hybridized carbons (Fsp3) is 0.625. The lowest BCUT2D eigenvalue weighted by atomic mass is 9.93. The molecule has 1 heterocycles. The molecule has 0 fully saturated rings. The molecular formula is C16H24F3N5O6. The molecule has 1 rings (SSSR count). The van der Waals surface area contributed by atoms with E-state index in [1.165, 1.54) is 35.4 Å².